The maximum atomic E-state index is 11.6. The van der Waals surface area contributed by atoms with E-state index in [-0.39, 0.29) is 5.78 Å². The Kier molecular flexibility index (Phi) is 2.17. The SMILES string of the molecule is CC(N)C(=O)c1scnc1C1CC1. The van der Waals surface area contributed by atoms with E-state index < -0.39 is 6.04 Å². The molecule has 1 heterocycles. The first-order valence-corrected chi connectivity index (χ1v) is 5.31. The van der Waals surface area contributed by atoms with Crippen LogP contribution in [0.2, 0.25) is 0 Å². The smallest absolute Gasteiger partial charge is 0.191 e. The maximum Gasteiger partial charge on any atom is 0.191 e. The van der Waals surface area contributed by atoms with Gasteiger partial charge < -0.3 is 5.73 Å². The second-order valence-corrected chi connectivity index (χ2v) is 4.35. The molecule has 0 aromatic carbocycles. The van der Waals surface area contributed by atoms with E-state index in [1.165, 1.54) is 24.2 Å². The van der Waals surface area contributed by atoms with Gasteiger partial charge in [0.1, 0.15) is 0 Å². The summed E-state index contributed by atoms with van der Waals surface area (Å²) < 4.78 is 0. The van der Waals surface area contributed by atoms with Crippen molar-refractivity contribution >= 4 is 17.1 Å². The molecule has 1 atom stereocenters. The molecular formula is C9H12N2OS. The van der Waals surface area contributed by atoms with Crippen LogP contribution in [0.15, 0.2) is 5.51 Å². The van der Waals surface area contributed by atoms with Gasteiger partial charge in [0.05, 0.1) is 22.1 Å². The van der Waals surface area contributed by atoms with Gasteiger partial charge >= 0.3 is 0 Å². The zero-order chi connectivity index (χ0) is 9.42. The Morgan fingerprint density at radius 3 is 3.00 bits per heavy atom. The van der Waals surface area contributed by atoms with Crippen molar-refractivity contribution in [1.82, 2.24) is 4.98 Å². The van der Waals surface area contributed by atoms with Crippen LogP contribution in [0.5, 0.6) is 0 Å². The standard InChI is InChI=1S/C9H12N2OS/c1-5(10)8(12)9-7(6-2-3-6)11-4-13-9/h4-6H,2-3,10H2,1H3. The van der Waals surface area contributed by atoms with E-state index in [1.807, 2.05) is 0 Å². The molecule has 1 aromatic rings. The summed E-state index contributed by atoms with van der Waals surface area (Å²) >= 11 is 1.41. The van der Waals surface area contributed by atoms with Crippen molar-refractivity contribution in [3.63, 3.8) is 0 Å². The first-order chi connectivity index (χ1) is 6.20. The van der Waals surface area contributed by atoms with E-state index in [4.69, 9.17) is 5.73 Å². The van der Waals surface area contributed by atoms with Gasteiger partial charge in [-0.1, -0.05) is 0 Å². The van der Waals surface area contributed by atoms with Crippen molar-refractivity contribution in [3.05, 3.63) is 16.1 Å². The largest absolute Gasteiger partial charge is 0.321 e. The molecule has 2 N–H and O–H groups in total. The number of hydrogen-bond donors (Lipinski definition) is 1. The van der Waals surface area contributed by atoms with Crippen molar-refractivity contribution < 1.29 is 4.79 Å². The molecule has 2 rings (SSSR count). The molecule has 1 aliphatic carbocycles. The molecule has 0 aliphatic heterocycles. The molecule has 0 saturated heterocycles. The zero-order valence-electron chi connectivity index (χ0n) is 7.49. The summed E-state index contributed by atoms with van der Waals surface area (Å²) in [6.07, 6.45) is 2.34. The highest BCUT2D eigenvalue weighted by Gasteiger charge is 2.31. The third-order valence-electron chi connectivity index (χ3n) is 2.20. The fourth-order valence-electron chi connectivity index (χ4n) is 1.29. The Morgan fingerprint density at radius 2 is 2.46 bits per heavy atom. The molecule has 3 nitrogen and oxygen atoms in total. The summed E-state index contributed by atoms with van der Waals surface area (Å²) in [5, 5.41) is 0. The predicted octanol–water partition coefficient (Wildman–Crippen LogP) is 1.55. The lowest BCUT2D eigenvalue weighted by atomic mass is 10.1. The van der Waals surface area contributed by atoms with E-state index in [9.17, 15) is 4.79 Å². The van der Waals surface area contributed by atoms with E-state index >= 15 is 0 Å². The Balaban J connectivity index is 2.28. The summed E-state index contributed by atoms with van der Waals surface area (Å²) in [5.74, 6) is 0.563. The topological polar surface area (TPSA) is 56.0 Å². The van der Waals surface area contributed by atoms with E-state index in [0.29, 0.717) is 5.92 Å². The van der Waals surface area contributed by atoms with Gasteiger partial charge in [0.15, 0.2) is 5.78 Å². The van der Waals surface area contributed by atoms with Crippen LogP contribution in [-0.4, -0.2) is 16.8 Å². The van der Waals surface area contributed by atoms with Crippen molar-refractivity contribution in [2.45, 2.75) is 31.7 Å². The minimum Gasteiger partial charge on any atom is -0.321 e. The third-order valence-corrected chi connectivity index (χ3v) is 3.05. The monoisotopic (exact) mass is 196 g/mol. The summed E-state index contributed by atoms with van der Waals surface area (Å²) in [6, 6.07) is -0.405. The molecule has 0 amide bonds. The number of ketones is 1. The molecule has 1 unspecified atom stereocenters. The Morgan fingerprint density at radius 1 is 1.77 bits per heavy atom. The van der Waals surface area contributed by atoms with Gasteiger partial charge in [-0.3, -0.25) is 4.79 Å². The number of carbonyl (C=O) groups excluding carboxylic acids is 1. The van der Waals surface area contributed by atoms with Gasteiger partial charge in [0.2, 0.25) is 0 Å². The van der Waals surface area contributed by atoms with Gasteiger partial charge in [0.25, 0.3) is 0 Å². The molecule has 0 bridgehead atoms. The van der Waals surface area contributed by atoms with Gasteiger partial charge in [-0.15, -0.1) is 11.3 Å². The first kappa shape index (κ1) is 8.84. The molecule has 1 saturated carbocycles. The molecule has 0 radical (unpaired) electrons. The normalized spacial score (nSPS) is 18.6. The molecule has 70 valence electrons. The Hall–Kier alpha value is -0.740. The average molecular weight is 196 g/mol. The molecule has 1 aliphatic rings. The van der Waals surface area contributed by atoms with E-state index in [0.717, 1.165) is 10.6 Å². The Labute approximate surface area is 81.0 Å². The number of Topliss-reactive ketones (excluding diaryl/α,β-unsaturated/α-hetero) is 1. The quantitative estimate of drug-likeness (QED) is 0.746. The number of carbonyl (C=O) groups is 1. The summed E-state index contributed by atoms with van der Waals surface area (Å²) in [5.41, 5.74) is 8.26. The fourth-order valence-corrected chi connectivity index (χ4v) is 2.21. The van der Waals surface area contributed by atoms with E-state index in [2.05, 4.69) is 4.98 Å². The average Bonchev–Trinajstić information content (AvgIpc) is 2.83. The molecule has 1 aromatic heterocycles. The first-order valence-electron chi connectivity index (χ1n) is 4.43. The number of hydrogen-bond acceptors (Lipinski definition) is 4. The van der Waals surface area contributed by atoms with Crippen molar-refractivity contribution in [2.75, 3.05) is 0 Å². The molecular weight excluding hydrogens is 184 g/mol. The molecule has 4 heteroatoms. The number of nitrogens with zero attached hydrogens (tertiary/aromatic N) is 1. The second kappa shape index (κ2) is 3.20. The summed E-state index contributed by atoms with van der Waals surface area (Å²) in [4.78, 5) is 16.6. The highest BCUT2D eigenvalue weighted by atomic mass is 32.1. The Bertz CT molecular complexity index is 328. The number of thiazole rings is 1. The zero-order valence-corrected chi connectivity index (χ0v) is 8.30. The lowest BCUT2D eigenvalue weighted by Gasteiger charge is -2.02. The minimum absolute atomic E-state index is 0.0319. The van der Waals surface area contributed by atoms with Gasteiger partial charge in [0, 0.05) is 5.92 Å². The van der Waals surface area contributed by atoms with Crippen LogP contribution in [-0.2, 0) is 0 Å². The predicted molar refractivity (Wildman–Crippen MR) is 52.1 cm³/mol. The summed E-state index contributed by atoms with van der Waals surface area (Å²) in [7, 11) is 0. The van der Waals surface area contributed by atoms with Gasteiger partial charge in [-0.2, -0.15) is 0 Å². The third kappa shape index (κ3) is 1.64. The van der Waals surface area contributed by atoms with Crippen LogP contribution in [0.4, 0.5) is 0 Å². The van der Waals surface area contributed by atoms with Crippen LogP contribution < -0.4 is 5.73 Å². The van der Waals surface area contributed by atoms with Crippen LogP contribution in [0.1, 0.15) is 41.0 Å². The van der Waals surface area contributed by atoms with Crippen molar-refractivity contribution in [3.8, 4) is 0 Å². The van der Waals surface area contributed by atoms with Gasteiger partial charge in [-0.25, -0.2) is 4.98 Å². The number of nitrogens with two attached hydrogens (primary N) is 1. The summed E-state index contributed by atoms with van der Waals surface area (Å²) in [6.45, 7) is 1.72. The lowest BCUT2D eigenvalue weighted by Crippen LogP contribution is -2.26. The van der Waals surface area contributed by atoms with Crippen LogP contribution >= 0.6 is 11.3 Å². The lowest BCUT2D eigenvalue weighted by molar-refractivity contribution is 0.0971. The highest BCUT2D eigenvalue weighted by molar-refractivity contribution is 7.12. The van der Waals surface area contributed by atoms with Gasteiger partial charge in [-0.05, 0) is 19.8 Å². The van der Waals surface area contributed by atoms with Crippen LogP contribution in [0.3, 0.4) is 0 Å². The van der Waals surface area contributed by atoms with Crippen molar-refractivity contribution in [1.29, 1.82) is 0 Å². The minimum atomic E-state index is -0.405. The number of aromatic nitrogens is 1. The molecule has 13 heavy (non-hydrogen) atoms. The molecule has 1 fully saturated rings. The van der Waals surface area contributed by atoms with Crippen LogP contribution in [0, 0.1) is 0 Å². The number of rotatable bonds is 3. The van der Waals surface area contributed by atoms with E-state index in [1.54, 1.807) is 12.4 Å². The highest BCUT2D eigenvalue weighted by Crippen LogP contribution is 2.41. The maximum absolute atomic E-state index is 11.6. The van der Waals surface area contributed by atoms with Crippen molar-refractivity contribution in [2.24, 2.45) is 5.73 Å². The molecule has 0 spiro atoms. The fraction of sp³-hybridized carbons (Fsp3) is 0.556. The second-order valence-electron chi connectivity index (χ2n) is 3.49. The van der Waals surface area contributed by atoms with Crippen LogP contribution in [0.25, 0.3) is 0 Å².